The number of nitrogens with zero attached hydrogens (tertiary/aromatic N) is 5. The van der Waals surface area contributed by atoms with Crippen molar-refractivity contribution in [3.63, 3.8) is 0 Å². The van der Waals surface area contributed by atoms with E-state index in [1.807, 2.05) is 0 Å². The normalized spacial score (nSPS) is 11.4. The molecule has 114 valence electrons. The maximum atomic E-state index is 11.1. The fourth-order valence-electron chi connectivity index (χ4n) is 1.46. The van der Waals surface area contributed by atoms with Gasteiger partial charge in [-0.2, -0.15) is 4.37 Å². The molecule has 0 bridgehead atoms. The summed E-state index contributed by atoms with van der Waals surface area (Å²) in [6.45, 7) is 6.72. The second-order valence-electron chi connectivity index (χ2n) is 5.51. The number of aromatic nitrogens is 5. The van der Waals surface area contributed by atoms with Gasteiger partial charge in [0.25, 0.3) is 0 Å². The minimum Gasteiger partial charge on any atom is -0.468 e. The van der Waals surface area contributed by atoms with E-state index in [0.717, 1.165) is 11.0 Å². The summed E-state index contributed by atoms with van der Waals surface area (Å²) in [5.74, 6) is 0.447. The molecular weight excluding hydrogens is 292 g/mol. The molecule has 21 heavy (non-hydrogen) atoms. The van der Waals surface area contributed by atoms with Crippen molar-refractivity contribution in [2.75, 3.05) is 12.4 Å². The van der Waals surface area contributed by atoms with Crippen LogP contribution in [0.25, 0.3) is 0 Å². The third-order valence-corrected chi connectivity index (χ3v) is 3.30. The molecule has 2 heterocycles. The number of carbonyl (C=O) groups is 1. The molecule has 2 aromatic heterocycles. The highest BCUT2D eigenvalue weighted by molar-refractivity contribution is 7.09. The van der Waals surface area contributed by atoms with E-state index in [1.165, 1.54) is 23.3 Å². The van der Waals surface area contributed by atoms with Gasteiger partial charge in [-0.1, -0.05) is 26.0 Å². The van der Waals surface area contributed by atoms with Gasteiger partial charge in [0.15, 0.2) is 0 Å². The van der Waals surface area contributed by atoms with Crippen molar-refractivity contribution in [3.05, 3.63) is 17.7 Å². The second kappa shape index (κ2) is 6.17. The summed E-state index contributed by atoms with van der Waals surface area (Å²) >= 11 is 1.32. The molecule has 0 amide bonds. The van der Waals surface area contributed by atoms with Gasteiger partial charge in [0, 0.05) is 16.9 Å². The van der Waals surface area contributed by atoms with E-state index in [2.05, 4.69) is 50.5 Å². The van der Waals surface area contributed by atoms with Crippen molar-refractivity contribution >= 4 is 22.6 Å². The fraction of sp³-hybridized carbons (Fsp3) is 0.583. The predicted octanol–water partition coefficient (Wildman–Crippen LogP) is 1.21. The number of anilines is 1. The molecular formula is C12H18N6O2S. The molecule has 0 aliphatic rings. The standard InChI is InChI=1S/C12H18N6O2S/c1-12(2,3)10-14-11(21-16-10)13-5-8-6-18(17-15-8)7-9(19)20-4/h6H,5,7H2,1-4H3,(H,13,14,16). The van der Waals surface area contributed by atoms with Crippen LogP contribution in [-0.4, -0.2) is 37.4 Å². The Morgan fingerprint density at radius 2 is 2.24 bits per heavy atom. The number of methoxy groups -OCH3 is 1. The molecule has 0 saturated heterocycles. The van der Waals surface area contributed by atoms with Crippen molar-refractivity contribution < 1.29 is 9.53 Å². The zero-order valence-corrected chi connectivity index (χ0v) is 13.3. The van der Waals surface area contributed by atoms with E-state index >= 15 is 0 Å². The Bertz CT molecular complexity index is 615. The van der Waals surface area contributed by atoms with Crippen LogP contribution in [0.4, 0.5) is 5.13 Å². The third kappa shape index (κ3) is 4.22. The number of nitrogens with one attached hydrogen (secondary N) is 1. The van der Waals surface area contributed by atoms with Crippen LogP contribution >= 0.6 is 11.5 Å². The summed E-state index contributed by atoms with van der Waals surface area (Å²) in [6, 6.07) is 0. The quantitative estimate of drug-likeness (QED) is 0.829. The van der Waals surface area contributed by atoms with Gasteiger partial charge in [-0.15, -0.1) is 5.10 Å². The van der Waals surface area contributed by atoms with Crippen LogP contribution in [0.2, 0.25) is 0 Å². The average Bonchev–Trinajstić information content (AvgIpc) is 3.04. The average molecular weight is 310 g/mol. The van der Waals surface area contributed by atoms with E-state index in [4.69, 9.17) is 0 Å². The Hall–Kier alpha value is -2.03. The molecule has 8 nitrogen and oxygen atoms in total. The highest BCUT2D eigenvalue weighted by Crippen LogP contribution is 2.23. The molecule has 9 heteroatoms. The first-order valence-electron chi connectivity index (χ1n) is 6.42. The van der Waals surface area contributed by atoms with E-state index in [-0.39, 0.29) is 17.9 Å². The first kappa shape index (κ1) is 15.4. The SMILES string of the molecule is COC(=O)Cn1cc(CNc2nc(C(C)(C)C)ns2)nn1. The maximum Gasteiger partial charge on any atom is 0.327 e. The van der Waals surface area contributed by atoms with Crippen LogP contribution in [0.15, 0.2) is 6.20 Å². The maximum absolute atomic E-state index is 11.1. The summed E-state index contributed by atoms with van der Waals surface area (Å²) in [5, 5.41) is 11.7. The lowest BCUT2D eigenvalue weighted by Gasteiger charge is -2.12. The molecule has 0 aliphatic heterocycles. The fourth-order valence-corrected chi connectivity index (χ4v) is 2.21. The van der Waals surface area contributed by atoms with E-state index < -0.39 is 0 Å². The third-order valence-electron chi connectivity index (χ3n) is 2.62. The van der Waals surface area contributed by atoms with Crippen LogP contribution in [0.3, 0.4) is 0 Å². The van der Waals surface area contributed by atoms with Gasteiger partial charge >= 0.3 is 5.97 Å². The van der Waals surface area contributed by atoms with Crippen LogP contribution < -0.4 is 5.32 Å². The number of esters is 1. The lowest BCUT2D eigenvalue weighted by molar-refractivity contribution is -0.141. The Labute approximate surface area is 126 Å². The first-order valence-corrected chi connectivity index (χ1v) is 7.19. The van der Waals surface area contributed by atoms with E-state index in [1.54, 1.807) is 6.20 Å². The van der Waals surface area contributed by atoms with E-state index in [9.17, 15) is 4.79 Å². The summed E-state index contributed by atoms with van der Waals surface area (Å²) in [4.78, 5) is 15.6. The highest BCUT2D eigenvalue weighted by atomic mass is 32.1. The molecule has 0 atom stereocenters. The summed E-state index contributed by atoms with van der Waals surface area (Å²) in [7, 11) is 1.34. The monoisotopic (exact) mass is 310 g/mol. The number of hydrogen-bond acceptors (Lipinski definition) is 8. The minimum atomic E-state index is -0.363. The Balaban J connectivity index is 1.91. The predicted molar refractivity (Wildman–Crippen MR) is 78.0 cm³/mol. The van der Waals surface area contributed by atoms with Gasteiger partial charge in [-0.25, -0.2) is 9.67 Å². The van der Waals surface area contributed by atoms with Gasteiger partial charge in [0.05, 0.1) is 19.9 Å². The topological polar surface area (TPSA) is 94.8 Å². The molecule has 0 saturated carbocycles. The van der Waals surface area contributed by atoms with Crippen molar-refractivity contribution in [3.8, 4) is 0 Å². The molecule has 2 rings (SSSR count). The number of ether oxygens (including phenoxy) is 1. The molecule has 0 unspecified atom stereocenters. The largest absolute Gasteiger partial charge is 0.468 e. The van der Waals surface area contributed by atoms with Crippen molar-refractivity contribution in [1.29, 1.82) is 0 Å². The molecule has 0 aliphatic carbocycles. The minimum absolute atomic E-state index is 0.0521. The van der Waals surface area contributed by atoms with Crippen LogP contribution in [-0.2, 0) is 28.0 Å². The van der Waals surface area contributed by atoms with Gasteiger partial charge in [-0.3, -0.25) is 4.79 Å². The summed E-state index contributed by atoms with van der Waals surface area (Å²) < 4.78 is 10.3. The first-order chi connectivity index (χ1) is 9.88. The van der Waals surface area contributed by atoms with Gasteiger partial charge in [0.1, 0.15) is 18.1 Å². The van der Waals surface area contributed by atoms with Crippen molar-refractivity contribution in [2.24, 2.45) is 0 Å². The van der Waals surface area contributed by atoms with Gasteiger partial charge in [-0.05, 0) is 0 Å². The molecule has 1 N–H and O–H groups in total. The zero-order chi connectivity index (χ0) is 15.5. The smallest absolute Gasteiger partial charge is 0.327 e. The highest BCUT2D eigenvalue weighted by Gasteiger charge is 2.19. The number of carbonyl (C=O) groups excluding carboxylic acids is 1. The van der Waals surface area contributed by atoms with Gasteiger partial charge < -0.3 is 10.1 Å². The van der Waals surface area contributed by atoms with Crippen LogP contribution in [0.5, 0.6) is 0 Å². The molecule has 0 fully saturated rings. The second-order valence-corrected chi connectivity index (χ2v) is 6.26. The van der Waals surface area contributed by atoms with Gasteiger partial charge in [0.2, 0.25) is 5.13 Å². The van der Waals surface area contributed by atoms with Crippen molar-refractivity contribution in [2.45, 2.75) is 39.3 Å². The lowest BCUT2D eigenvalue weighted by Crippen LogP contribution is -2.13. The Kier molecular flexibility index (Phi) is 4.51. The number of rotatable bonds is 5. The van der Waals surface area contributed by atoms with E-state index in [0.29, 0.717) is 12.2 Å². The Morgan fingerprint density at radius 1 is 1.48 bits per heavy atom. The van der Waals surface area contributed by atoms with Crippen LogP contribution in [0, 0.1) is 0 Å². The zero-order valence-electron chi connectivity index (χ0n) is 12.5. The van der Waals surface area contributed by atoms with Crippen molar-refractivity contribution in [1.82, 2.24) is 24.4 Å². The van der Waals surface area contributed by atoms with Crippen LogP contribution in [0.1, 0.15) is 32.3 Å². The lowest BCUT2D eigenvalue weighted by atomic mass is 9.96. The Morgan fingerprint density at radius 3 is 2.86 bits per heavy atom. The number of hydrogen-bond donors (Lipinski definition) is 1. The molecule has 0 radical (unpaired) electrons. The molecule has 0 aromatic carbocycles. The summed E-state index contributed by atoms with van der Waals surface area (Å²) in [5.41, 5.74) is 0.645. The molecule has 2 aromatic rings. The molecule has 0 spiro atoms. The summed E-state index contributed by atoms with van der Waals surface area (Å²) in [6.07, 6.45) is 1.69.